The largest absolute Gasteiger partial charge is 0.469 e. The Bertz CT molecular complexity index is 700. The summed E-state index contributed by atoms with van der Waals surface area (Å²) in [4.78, 5) is 26.8. The van der Waals surface area contributed by atoms with Gasteiger partial charge >= 0.3 is 5.97 Å². The Labute approximate surface area is 174 Å². The summed E-state index contributed by atoms with van der Waals surface area (Å²) in [5.74, 6) is -0.927. The van der Waals surface area contributed by atoms with Crippen molar-refractivity contribution in [2.45, 2.75) is 32.6 Å². The number of unbranched alkanes of at least 4 members (excludes halogenated alkanes) is 2. The molecule has 5 nitrogen and oxygen atoms in total. The number of allylic oxidation sites excluding steroid dienone is 8. The number of nitrogens with one attached hydrogen (secondary N) is 1. The van der Waals surface area contributed by atoms with Gasteiger partial charge in [0.25, 0.3) is 0 Å². The monoisotopic (exact) mass is 452 g/mol. The highest BCUT2D eigenvalue weighted by Crippen LogP contribution is 2.07. The molecule has 0 saturated carbocycles. The second-order valence-corrected chi connectivity index (χ2v) is 6.36. The molecule has 0 unspecified atom stereocenters. The van der Waals surface area contributed by atoms with Crippen molar-refractivity contribution < 1.29 is 18.7 Å². The molecule has 152 valence electrons. The van der Waals surface area contributed by atoms with Crippen LogP contribution >= 0.6 is 15.9 Å². The molecule has 7 heteroatoms. The van der Waals surface area contributed by atoms with Crippen LogP contribution in [-0.4, -0.2) is 25.2 Å². The first-order valence-corrected chi connectivity index (χ1v) is 9.44. The molecule has 28 heavy (non-hydrogen) atoms. The molecule has 1 amide bonds. The fourth-order valence-electron chi connectivity index (χ4n) is 1.69. The minimum absolute atomic E-state index is 0.198. The van der Waals surface area contributed by atoms with E-state index >= 15 is 0 Å². The normalized spacial score (nSPS) is 13.5. The van der Waals surface area contributed by atoms with Crippen LogP contribution in [0.15, 0.2) is 76.3 Å². The molecule has 0 aromatic carbocycles. The van der Waals surface area contributed by atoms with Gasteiger partial charge in [-0.2, -0.15) is 0 Å². The standard InChI is InChI=1S/C21H26BrFN2O3/c1-4-19(13-12-17(2)23)25-20(26)10-8-9-18(22)14-16-24-15-7-5-6-11-21(27)28-3/h4,8-10,12-16H,1,5-7,11H2,2-3H3,(H,25,26)/b10-8+,16-14+,17-12+,18-9+,19-13+,24-15+. The van der Waals surface area contributed by atoms with Gasteiger partial charge in [0.15, 0.2) is 0 Å². The van der Waals surface area contributed by atoms with E-state index in [-0.39, 0.29) is 17.7 Å². The number of methoxy groups -OCH3 is 1. The Balaban J connectivity index is 4.29. The first-order valence-electron chi connectivity index (χ1n) is 8.65. The fourth-order valence-corrected chi connectivity index (χ4v) is 1.96. The van der Waals surface area contributed by atoms with Crippen LogP contribution in [0.4, 0.5) is 4.39 Å². The first-order chi connectivity index (χ1) is 13.4. The summed E-state index contributed by atoms with van der Waals surface area (Å²) in [6.45, 7) is 4.87. The van der Waals surface area contributed by atoms with Gasteiger partial charge in [-0.1, -0.05) is 28.6 Å². The van der Waals surface area contributed by atoms with E-state index < -0.39 is 0 Å². The maximum absolute atomic E-state index is 12.7. The van der Waals surface area contributed by atoms with E-state index in [4.69, 9.17) is 0 Å². The average Bonchev–Trinajstić information content (AvgIpc) is 2.66. The zero-order chi connectivity index (χ0) is 21.2. The minimum atomic E-state index is -0.369. The highest BCUT2D eigenvalue weighted by Gasteiger charge is 1.98. The Morgan fingerprint density at radius 1 is 1.21 bits per heavy atom. The Morgan fingerprint density at radius 2 is 1.96 bits per heavy atom. The molecule has 0 aliphatic heterocycles. The number of aliphatic imine (C=N–C) groups is 1. The van der Waals surface area contributed by atoms with E-state index in [1.807, 2.05) is 0 Å². The van der Waals surface area contributed by atoms with Crippen molar-refractivity contribution in [1.82, 2.24) is 5.32 Å². The van der Waals surface area contributed by atoms with Crippen LogP contribution in [0.2, 0.25) is 0 Å². The number of esters is 1. The molecule has 0 bridgehead atoms. The lowest BCUT2D eigenvalue weighted by Gasteiger charge is -2.00. The molecule has 0 aromatic heterocycles. The van der Waals surface area contributed by atoms with Gasteiger partial charge in [-0.15, -0.1) is 0 Å². The van der Waals surface area contributed by atoms with Gasteiger partial charge in [-0.05, 0) is 56.6 Å². The predicted molar refractivity (Wildman–Crippen MR) is 116 cm³/mol. The van der Waals surface area contributed by atoms with Crippen molar-refractivity contribution in [3.05, 3.63) is 71.3 Å². The van der Waals surface area contributed by atoms with Crippen LogP contribution in [0.5, 0.6) is 0 Å². The maximum Gasteiger partial charge on any atom is 0.305 e. The van der Waals surface area contributed by atoms with E-state index in [1.54, 1.807) is 30.6 Å². The summed E-state index contributed by atoms with van der Waals surface area (Å²) in [6.07, 6.45) is 16.6. The molecule has 0 aromatic rings. The lowest BCUT2D eigenvalue weighted by atomic mass is 10.2. The molecular formula is C21H26BrFN2O3. The van der Waals surface area contributed by atoms with Crippen LogP contribution in [0.25, 0.3) is 0 Å². The van der Waals surface area contributed by atoms with E-state index in [0.717, 1.165) is 23.7 Å². The lowest BCUT2D eigenvalue weighted by molar-refractivity contribution is -0.140. The SMILES string of the molecule is C=C/C(=C\C=C(/C)F)NC(=O)/C=C/C=C(Br)\C=C\N=C\CCCCC(=O)OC. The molecule has 0 atom stereocenters. The van der Waals surface area contributed by atoms with Gasteiger partial charge in [0.05, 0.1) is 12.9 Å². The van der Waals surface area contributed by atoms with Crippen LogP contribution in [0.1, 0.15) is 32.6 Å². The van der Waals surface area contributed by atoms with Crippen LogP contribution < -0.4 is 5.32 Å². The molecule has 0 spiro atoms. The molecule has 0 aliphatic rings. The van der Waals surface area contributed by atoms with Crippen molar-refractivity contribution in [3.63, 3.8) is 0 Å². The number of carbonyl (C=O) groups excluding carboxylic acids is 2. The second kappa shape index (κ2) is 16.6. The number of rotatable bonds is 12. The summed E-state index contributed by atoms with van der Waals surface area (Å²) < 4.78 is 18.0. The summed E-state index contributed by atoms with van der Waals surface area (Å²) in [5, 5.41) is 2.57. The first kappa shape index (κ1) is 25.5. The van der Waals surface area contributed by atoms with Gasteiger partial charge in [0, 0.05) is 35.1 Å². The molecule has 0 saturated heterocycles. The number of carbonyl (C=O) groups is 2. The van der Waals surface area contributed by atoms with Crippen molar-refractivity contribution in [1.29, 1.82) is 0 Å². The Kier molecular flexibility index (Phi) is 15.1. The second-order valence-electron chi connectivity index (χ2n) is 5.45. The third-order valence-electron chi connectivity index (χ3n) is 3.10. The zero-order valence-electron chi connectivity index (χ0n) is 16.2. The lowest BCUT2D eigenvalue weighted by Crippen LogP contribution is -2.18. The molecule has 0 radical (unpaired) electrons. The quantitative estimate of drug-likeness (QED) is 0.145. The average molecular weight is 453 g/mol. The van der Waals surface area contributed by atoms with Crippen molar-refractivity contribution >= 4 is 34.0 Å². The number of amides is 1. The molecule has 0 rings (SSSR count). The number of halogens is 2. The van der Waals surface area contributed by atoms with Gasteiger partial charge in [-0.3, -0.25) is 14.6 Å². The maximum atomic E-state index is 12.7. The zero-order valence-corrected chi connectivity index (χ0v) is 17.7. The smallest absolute Gasteiger partial charge is 0.305 e. The van der Waals surface area contributed by atoms with E-state index in [2.05, 4.69) is 37.6 Å². The Morgan fingerprint density at radius 3 is 2.61 bits per heavy atom. The topological polar surface area (TPSA) is 67.8 Å². The highest BCUT2D eigenvalue weighted by molar-refractivity contribution is 9.11. The van der Waals surface area contributed by atoms with Crippen molar-refractivity contribution in [2.75, 3.05) is 7.11 Å². The summed E-state index contributed by atoms with van der Waals surface area (Å²) >= 11 is 3.34. The summed E-state index contributed by atoms with van der Waals surface area (Å²) in [5.41, 5.74) is 0.399. The summed E-state index contributed by atoms with van der Waals surface area (Å²) in [7, 11) is 1.38. The number of ether oxygens (including phenoxy) is 1. The number of nitrogens with zero attached hydrogens (tertiary/aromatic N) is 1. The van der Waals surface area contributed by atoms with Crippen molar-refractivity contribution in [3.8, 4) is 0 Å². The third-order valence-corrected chi connectivity index (χ3v) is 3.63. The minimum Gasteiger partial charge on any atom is -0.469 e. The number of hydrogen-bond acceptors (Lipinski definition) is 4. The highest BCUT2D eigenvalue weighted by atomic mass is 79.9. The van der Waals surface area contributed by atoms with Gasteiger partial charge in [-0.25, -0.2) is 4.39 Å². The Hall–Kier alpha value is -2.54. The molecule has 0 heterocycles. The number of hydrogen-bond donors (Lipinski definition) is 1. The predicted octanol–water partition coefficient (Wildman–Crippen LogP) is 5.20. The van der Waals surface area contributed by atoms with E-state index in [0.29, 0.717) is 12.1 Å². The van der Waals surface area contributed by atoms with E-state index in [1.165, 1.54) is 38.3 Å². The molecule has 0 fully saturated rings. The molecule has 1 N–H and O–H groups in total. The van der Waals surface area contributed by atoms with Gasteiger partial charge in [0.2, 0.25) is 5.91 Å². The molecule has 0 aliphatic carbocycles. The van der Waals surface area contributed by atoms with E-state index in [9.17, 15) is 14.0 Å². The van der Waals surface area contributed by atoms with Crippen molar-refractivity contribution in [2.24, 2.45) is 4.99 Å². The third kappa shape index (κ3) is 15.7. The summed E-state index contributed by atoms with van der Waals surface area (Å²) in [6, 6.07) is 0. The van der Waals surface area contributed by atoms with Crippen LogP contribution in [0, 0.1) is 0 Å². The van der Waals surface area contributed by atoms with Crippen LogP contribution in [0.3, 0.4) is 0 Å². The molecular weight excluding hydrogens is 427 g/mol. The van der Waals surface area contributed by atoms with Crippen LogP contribution in [-0.2, 0) is 14.3 Å². The van der Waals surface area contributed by atoms with Gasteiger partial charge < -0.3 is 10.1 Å². The fraction of sp³-hybridized carbons (Fsp3) is 0.286. The van der Waals surface area contributed by atoms with Gasteiger partial charge in [0.1, 0.15) is 0 Å².